The molecule has 32 heavy (non-hydrogen) atoms. The van der Waals surface area contributed by atoms with Crippen LogP contribution in [0.4, 0.5) is 0 Å². The fourth-order valence-electron chi connectivity index (χ4n) is 3.87. The summed E-state index contributed by atoms with van der Waals surface area (Å²) in [5, 5.41) is 21.2. The molecule has 2 fully saturated rings. The summed E-state index contributed by atoms with van der Waals surface area (Å²) < 4.78 is 2.98. The number of β-lactam (4-membered cyclic amide) rings is 1. The third kappa shape index (κ3) is 3.42. The molecule has 0 aromatic carbocycles. The van der Waals surface area contributed by atoms with Crippen LogP contribution in [0.25, 0.3) is 0 Å². The maximum absolute atomic E-state index is 13.1. The molecule has 0 bridgehead atoms. The number of hydrogen-bond acceptors (Lipinski definition) is 9. The summed E-state index contributed by atoms with van der Waals surface area (Å²) in [5.74, 6) is -1.49. The van der Waals surface area contributed by atoms with Gasteiger partial charge in [0.05, 0.1) is 9.72 Å². The van der Waals surface area contributed by atoms with E-state index in [1.54, 1.807) is 7.05 Å². The molecule has 2 aliphatic rings. The Morgan fingerprint density at radius 2 is 2.16 bits per heavy atom. The van der Waals surface area contributed by atoms with Gasteiger partial charge in [-0.25, -0.2) is 9.69 Å². The lowest BCUT2D eigenvalue weighted by molar-refractivity contribution is -0.158. The molecular weight excluding hydrogens is 526 g/mol. The lowest BCUT2D eigenvalue weighted by Crippen LogP contribution is -2.76. The molecule has 170 valence electrons. The fourth-order valence-corrected chi connectivity index (χ4v) is 6.46. The quantitative estimate of drug-likeness (QED) is 0.381. The van der Waals surface area contributed by atoms with E-state index in [0.29, 0.717) is 0 Å². The van der Waals surface area contributed by atoms with Gasteiger partial charge in [0.25, 0.3) is 5.91 Å². The van der Waals surface area contributed by atoms with Crippen LogP contribution in [0.5, 0.6) is 0 Å². The number of hydrogen-bond donors (Lipinski definition) is 2. The van der Waals surface area contributed by atoms with Crippen molar-refractivity contribution in [2.75, 3.05) is 17.3 Å². The highest BCUT2D eigenvalue weighted by Crippen LogP contribution is 2.50. The molecule has 2 amide bonds. The molecule has 4 atom stereocenters. The summed E-state index contributed by atoms with van der Waals surface area (Å²) in [5.41, 5.74) is -1.68. The summed E-state index contributed by atoms with van der Waals surface area (Å²) in [6, 6.07) is 0.443. The Labute approximate surface area is 199 Å². The van der Waals surface area contributed by atoms with Crippen LogP contribution in [0.2, 0.25) is 0 Å². The first-order valence-corrected chi connectivity index (χ1v) is 11.7. The smallest absolute Gasteiger partial charge is 0.313 e. The number of carboxylic acid groups (broad SMARTS) is 1. The monoisotopic (exact) mass is 543 g/mol. The summed E-state index contributed by atoms with van der Waals surface area (Å²) in [4.78, 5) is 51.0. The molecule has 2 aromatic rings. The predicted molar refractivity (Wildman–Crippen MR) is 120 cm³/mol. The zero-order chi connectivity index (χ0) is 23.4. The highest BCUT2D eigenvalue weighted by Gasteiger charge is 2.62. The predicted octanol–water partition coefficient (Wildman–Crippen LogP) is -0.355. The van der Waals surface area contributed by atoms with Gasteiger partial charge < -0.3 is 10.0 Å². The second kappa shape index (κ2) is 8.19. The number of aliphatic carboxylic acids is 1. The number of tetrazole rings is 1. The Morgan fingerprint density at radius 1 is 1.44 bits per heavy atom. The number of aryl methyl sites for hydroxylation is 1. The second-order valence-corrected chi connectivity index (χ2v) is 10.0. The van der Waals surface area contributed by atoms with Crippen molar-refractivity contribution in [2.45, 2.75) is 23.6 Å². The fraction of sp³-hybridized carbons (Fsp3) is 0.471. The summed E-state index contributed by atoms with van der Waals surface area (Å²) in [6.07, 6.45) is 2.82. The topological polar surface area (TPSA) is 144 Å². The average molecular weight is 544 g/mol. The number of amides is 2. The highest BCUT2D eigenvalue weighted by molar-refractivity contribution is 9.10. The number of carbonyl (C=O) groups is 3. The van der Waals surface area contributed by atoms with E-state index < -0.39 is 39.9 Å². The molecule has 15 heteroatoms. The molecule has 2 aliphatic heterocycles. The van der Waals surface area contributed by atoms with Gasteiger partial charge in [0, 0.05) is 44.7 Å². The minimum Gasteiger partial charge on any atom is -0.481 e. The van der Waals surface area contributed by atoms with Crippen molar-refractivity contribution >= 4 is 58.1 Å². The number of carbonyl (C=O) groups excluding carboxylic acids is 2. The largest absolute Gasteiger partial charge is 0.481 e. The van der Waals surface area contributed by atoms with Crippen molar-refractivity contribution in [3.05, 3.63) is 39.0 Å². The third-order valence-electron chi connectivity index (χ3n) is 5.62. The van der Waals surface area contributed by atoms with E-state index in [2.05, 4.69) is 44.1 Å². The van der Waals surface area contributed by atoms with Crippen LogP contribution in [0.3, 0.4) is 0 Å². The second-order valence-electron chi connectivity index (χ2n) is 7.54. The van der Waals surface area contributed by atoms with E-state index in [9.17, 15) is 24.3 Å². The first-order chi connectivity index (χ1) is 15.1. The third-order valence-corrected chi connectivity index (χ3v) is 8.48. The molecule has 12 nitrogen and oxygen atoms in total. The highest BCUT2D eigenvalue weighted by atomic mass is 79.9. The van der Waals surface area contributed by atoms with Crippen molar-refractivity contribution in [3.8, 4) is 0 Å². The van der Waals surface area contributed by atoms with E-state index in [1.165, 1.54) is 56.4 Å². The van der Waals surface area contributed by atoms with Crippen LogP contribution in [-0.4, -0.2) is 76.4 Å². The van der Waals surface area contributed by atoms with Crippen molar-refractivity contribution in [3.63, 3.8) is 0 Å². The summed E-state index contributed by atoms with van der Waals surface area (Å²) in [7, 11) is 1.59. The number of carboxylic acids is 1. The van der Waals surface area contributed by atoms with Gasteiger partial charge in [0.15, 0.2) is 17.3 Å². The lowest BCUT2D eigenvalue weighted by Gasteiger charge is -2.56. The first kappa shape index (κ1) is 22.8. The van der Waals surface area contributed by atoms with Crippen LogP contribution in [0.15, 0.2) is 27.7 Å². The number of pyridine rings is 1. The van der Waals surface area contributed by atoms with Crippen LogP contribution in [0.1, 0.15) is 18.0 Å². The van der Waals surface area contributed by atoms with E-state index in [0.717, 1.165) is 0 Å². The lowest BCUT2D eigenvalue weighted by atomic mass is 9.83. The van der Waals surface area contributed by atoms with Crippen molar-refractivity contribution < 1.29 is 19.5 Å². The normalized spacial score (nSPS) is 25.6. The Morgan fingerprint density at radius 3 is 2.72 bits per heavy atom. The molecule has 1 N–H and O–H groups in total. The molecule has 3 unspecified atom stereocenters. The SMILES string of the molecule is CC(=O)N(C1C(=O)N2CC(C(=O)O)(C(S)c3nnnn3C)CS[C@H]12)n1ccc(=O)c(Br)c1. The van der Waals surface area contributed by atoms with Crippen LogP contribution in [0, 0.1) is 5.41 Å². The van der Waals surface area contributed by atoms with Gasteiger partial charge in [0.1, 0.15) is 10.8 Å². The van der Waals surface area contributed by atoms with E-state index in [4.69, 9.17) is 0 Å². The van der Waals surface area contributed by atoms with E-state index in [-0.39, 0.29) is 28.0 Å². The Balaban J connectivity index is 1.63. The maximum Gasteiger partial charge on any atom is 0.313 e. The standard InChI is InChI=1S/C17H18BrN7O5S2/c1-8(26)25(23-4-3-10(27)9(18)5-23)11-14(28)24-6-17(16(29)30,7-32-15(11)24)12(31)13-19-20-21-22(13)2/h3-5,11-12,15,31H,6-7H2,1-2H3,(H,29,30)/t11?,12?,15-,17?/m1/s1. The number of thiol groups is 1. The number of aromatic nitrogens is 5. The molecule has 0 saturated carbocycles. The summed E-state index contributed by atoms with van der Waals surface area (Å²) >= 11 is 8.92. The first-order valence-electron chi connectivity index (χ1n) is 9.32. The maximum atomic E-state index is 13.1. The van der Waals surface area contributed by atoms with Crippen LogP contribution >= 0.6 is 40.3 Å². The number of halogens is 1. The minimum absolute atomic E-state index is 0.101. The van der Waals surface area contributed by atoms with Gasteiger partial charge in [0.2, 0.25) is 5.91 Å². The van der Waals surface area contributed by atoms with Crippen molar-refractivity contribution in [2.24, 2.45) is 12.5 Å². The molecular formula is C17H18BrN7O5S2. The molecule has 0 aliphatic carbocycles. The van der Waals surface area contributed by atoms with Gasteiger partial charge in [-0.05, 0) is 26.4 Å². The van der Waals surface area contributed by atoms with Gasteiger partial charge in [-0.2, -0.15) is 12.6 Å². The number of nitrogens with zero attached hydrogens (tertiary/aromatic N) is 7. The molecule has 4 heterocycles. The van der Waals surface area contributed by atoms with Gasteiger partial charge in [-0.15, -0.1) is 16.9 Å². The van der Waals surface area contributed by atoms with Gasteiger partial charge in [-0.3, -0.25) is 23.9 Å². The van der Waals surface area contributed by atoms with Gasteiger partial charge >= 0.3 is 5.97 Å². The zero-order valence-corrected chi connectivity index (χ0v) is 20.1. The molecule has 2 aromatic heterocycles. The Bertz CT molecular complexity index is 1170. The number of thioether (sulfide) groups is 1. The Hall–Kier alpha value is -2.39. The minimum atomic E-state index is -1.42. The molecule has 0 radical (unpaired) electrons. The van der Waals surface area contributed by atoms with Crippen LogP contribution in [-0.2, 0) is 21.4 Å². The van der Waals surface area contributed by atoms with E-state index in [1.807, 2.05) is 0 Å². The van der Waals surface area contributed by atoms with Crippen molar-refractivity contribution in [1.29, 1.82) is 0 Å². The molecule has 4 rings (SSSR count). The molecule has 0 spiro atoms. The summed E-state index contributed by atoms with van der Waals surface area (Å²) in [6.45, 7) is 1.22. The Kier molecular flexibility index (Phi) is 5.83. The van der Waals surface area contributed by atoms with E-state index >= 15 is 0 Å². The van der Waals surface area contributed by atoms with Crippen molar-refractivity contribution in [1.82, 2.24) is 29.8 Å². The van der Waals surface area contributed by atoms with Gasteiger partial charge in [-0.1, -0.05) is 0 Å². The molecule has 2 saturated heterocycles. The average Bonchev–Trinajstić information content (AvgIpc) is 3.18. The number of rotatable bonds is 5. The number of fused-ring (bicyclic) bond motifs is 1. The zero-order valence-electron chi connectivity index (χ0n) is 16.8. The van der Waals surface area contributed by atoms with Crippen LogP contribution < -0.4 is 10.4 Å².